The summed E-state index contributed by atoms with van der Waals surface area (Å²) in [6, 6.07) is 3.36. The van der Waals surface area contributed by atoms with Crippen LogP contribution in [0.3, 0.4) is 0 Å². The maximum absolute atomic E-state index is 12.5. The fourth-order valence-corrected chi connectivity index (χ4v) is 1.77. The van der Waals surface area contributed by atoms with E-state index in [4.69, 9.17) is 0 Å². The Morgan fingerprint density at radius 1 is 1.35 bits per heavy atom. The highest BCUT2D eigenvalue weighted by molar-refractivity contribution is 5.77. The maximum atomic E-state index is 12.5. The second-order valence-electron chi connectivity index (χ2n) is 3.91. The molecule has 0 aliphatic heterocycles. The summed E-state index contributed by atoms with van der Waals surface area (Å²) >= 11 is 0. The molecule has 0 saturated carbocycles. The first-order valence-corrected chi connectivity index (χ1v) is 5.02. The van der Waals surface area contributed by atoms with Gasteiger partial charge < -0.3 is 9.67 Å². The lowest BCUT2D eigenvalue weighted by molar-refractivity contribution is -0.137. The topological polar surface area (TPSA) is 38.1 Å². The molecule has 0 spiro atoms. The van der Waals surface area contributed by atoms with Crippen molar-refractivity contribution < 1.29 is 18.3 Å². The standard InChI is InChI=1S/C11H11F3N2O/c1-6(17)10-15-8-5-7(11(12,13)14)3-4-9(8)16(10)2/h3-6,17H,1-2H3. The van der Waals surface area contributed by atoms with E-state index in [0.29, 0.717) is 11.3 Å². The Morgan fingerprint density at radius 2 is 2.00 bits per heavy atom. The highest BCUT2D eigenvalue weighted by Gasteiger charge is 2.31. The molecule has 1 heterocycles. The molecule has 1 aromatic heterocycles. The Hall–Kier alpha value is -1.56. The van der Waals surface area contributed by atoms with Gasteiger partial charge >= 0.3 is 6.18 Å². The van der Waals surface area contributed by atoms with Crippen molar-refractivity contribution in [2.75, 3.05) is 0 Å². The van der Waals surface area contributed by atoms with E-state index < -0.39 is 17.8 Å². The fourth-order valence-electron chi connectivity index (χ4n) is 1.77. The summed E-state index contributed by atoms with van der Waals surface area (Å²) in [7, 11) is 1.66. The van der Waals surface area contributed by atoms with Crippen LogP contribution in [0, 0.1) is 0 Å². The van der Waals surface area contributed by atoms with E-state index in [2.05, 4.69) is 4.98 Å². The van der Waals surface area contributed by atoms with Gasteiger partial charge in [-0.1, -0.05) is 0 Å². The SMILES string of the molecule is CC(O)c1nc2cc(C(F)(F)F)ccc2n1C. The molecule has 2 rings (SSSR count). The monoisotopic (exact) mass is 244 g/mol. The molecule has 0 amide bonds. The number of rotatable bonds is 1. The minimum atomic E-state index is -4.38. The molecular weight excluding hydrogens is 233 g/mol. The van der Waals surface area contributed by atoms with E-state index in [-0.39, 0.29) is 5.52 Å². The Kier molecular flexibility index (Phi) is 2.61. The smallest absolute Gasteiger partial charge is 0.385 e. The number of aliphatic hydroxyl groups excluding tert-OH is 1. The first-order valence-electron chi connectivity index (χ1n) is 5.02. The van der Waals surface area contributed by atoms with Crippen LogP contribution in [0.25, 0.3) is 11.0 Å². The second kappa shape index (κ2) is 3.73. The van der Waals surface area contributed by atoms with Crippen molar-refractivity contribution in [1.82, 2.24) is 9.55 Å². The summed E-state index contributed by atoms with van der Waals surface area (Å²) in [5, 5.41) is 9.43. The van der Waals surface area contributed by atoms with Crippen molar-refractivity contribution in [3.05, 3.63) is 29.6 Å². The highest BCUT2D eigenvalue weighted by Crippen LogP contribution is 2.31. The van der Waals surface area contributed by atoms with E-state index in [1.165, 1.54) is 13.0 Å². The lowest BCUT2D eigenvalue weighted by atomic mass is 10.2. The van der Waals surface area contributed by atoms with Crippen LogP contribution in [0.15, 0.2) is 18.2 Å². The summed E-state index contributed by atoms with van der Waals surface area (Å²) in [6.45, 7) is 1.52. The predicted octanol–water partition coefficient (Wildman–Crippen LogP) is 2.65. The molecule has 1 unspecified atom stereocenters. The van der Waals surface area contributed by atoms with E-state index in [1.807, 2.05) is 0 Å². The zero-order valence-corrected chi connectivity index (χ0v) is 9.28. The quantitative estimate of drug-likeness (QED) is 0.837. The average Bonchev–Trinajstić information content (AvgIpc) is 2.54. The van der Waals surface area contributed by atoms with Crippen LogP contribution in [0.1, 0.15) is 24.4 Å². The zero-order valence-electron chi connectivity index (χ0n) is 9.28. The van der Waals surface area contributed by atoms with Gasteiger partial charge in [0.05, 0.1) is 16.6 Å². The van der Waals surface area contributed by atoms with Gasteiger partial charge in [-0.3, -0.25) is 0 Å². The van der Waals surface area contributed by atoms with Crippen molar-refractivity contribution >= 4 is 11.0 Å². The van der Waals surface area contributed by atoms with Gasteiger partial charge in [-0.25, -0.2) is 4.98 Å². The van der Waals surface area contributed by atoms with E-state index >= 15 is 0 Å². The number of benzene rings is 1. The lowest BCUT2D eigenvalue weighted by Crippen LogP contribution is -2.04. The normalized spacial score (nSPS) is 14.2. The lowest BCUT2D eigenvalue weighted by Gasteiger charge is -2.06. The van der Waals surface area contributed by atoms with Gasteiger partial charge in [-0.05, 0) is 25.1 Å². The number of nitrogens with zero attached hydrogens (tertiary/aromatic N) is 2. The second-order valence-corrected chi connectivity index (χ2v) is 3.91. The number of imidazole rings is 1. The summed E-state index contributed by atoms with van der Waals surface area (Å²) < 4.78 is 39.1. The minimum absolute atomic E-state index is 0.234. The number of hydrogen-bond donors (Lipinski definition) is 1. The van der Waals surface area contributed by atoms with Crippen molar-refractivity contribution in [2.24, 2.45) is 7.05 Å². The Labute approximate surface area is 95.5 Å². The van der Waals surface area contributed by atoms with Crippen LogP contribution in [-0.4, -0.2) is 14.7 Å². The molecule has 1 N–H and O–H groups in total. The highest BCUT2D eigenvalue weighted by atomic mass is 19.4. The van der Waals surface area contributed by atoms with Gasteiger partial charge in [-0.2, -0.15) is 13.2 Å². The molecule has 1 aromatic carbocycles. The Morgan fingerprint density at radius 3 is 2.53 bits per heavy atom. The number of aryl methyl sites for hydroxylation is 1. The van der Waals surface area contributed by atoms with Gasteiger partial charge in [0.2, 0.25) is 0 Å². The van der Waals surface area contributed by atoms with Gasteiger partial charge in [0.1, 0.15) is 11.9 Å². The van der Waals surface area contributed by atoms with Crippen LogP contribution in [0.2, 0.25) is 0 Å². The first kappa shape index (κ1) is 11.9. The summed E-state index contributed by atoms with van der Waals surface area (Å²) in [5.74, 6) is 0.347. The molecule has 0 aliphatic rings. The van der Waals surface area contributed by atoms with E-state index in [0.717, 1.165) is 12.1 Å². The van der Waals surface area contributed by atoms with Gasteiger partial charge in [0, 0.05) is 7.05 Å². The van der Waals surface area contributed by atoms with Crippen LogP contribution < -0.4 is 0 Å². The summed E-state index contributed by atoms with van der Waals surface area (Å²) in [5.41, 5.74) is 0.0624. The number of fused-ring (bicyclic) bond motifs is 1. The number of alkyl halides is 3. The van der Waals surface area contributed by atoms with Crippen LogP contribution in [-0.2, 0) is 13.2 Å². The molecule has 92 valence electrons. The van der Waals surface area contributed by atoms with Crippen LogP contribution >= 0.6 is 0 Å². The van der Waals surface area contributed by atoms with E-state index in [1.54, 1.807) is 11.6 Å². The number of aromatic nitrogens is 2. The van der Waals surface area contributed by atoms with Gasteiger partial charge in [-0.15, -0.1) is 0 Å². The molecule has 1 atom stereocenters. The van der Waals surface area contributed by atoms with Crippen molar-refractivity contribution in [2.45, 2.75) is 19.2 Å². The molecule has 0 aliphatic carbocycles. The minimum Gasteiger partial charge on any atom is -0.385 e. The van der Waals surface area contributed by atoms with Crippen LogP contribution in [0.4, 0.5) is 13.2 Å². The average molecular weight is 244 g/mol. The van der Waals surface area contributed by atoms with Crippen LogP contribution in [0.5, 0.6) is 0 Å². The third-order valence-corrected chi connectivity index (χ3v) is 2.62. The molecular formula is C11H11F3N2O. The van der Waals surface area contributed by atoms with Gasteiger partial charge in [0.25, 0.3) is 0 Å². The zero-order chi connectivity index (χ0) is 12.8. The Balaban J connectivity index is 2.64. The van der Waals surface area contributed by atoms with Crippen molar-refractivity contribution in [1.29, 1.82) is 0 Å². The third kappa shape index (κ3) is 2.00. The van der Waals surface area contributed by atoms with Crippen molar-refractivity contribution in [3.63, 3.8) is 0 Å². The molecule has 0 radical (unpaired) electrons. The number of hydrogen-bond acceptors (Lipinski definition) is 2. The fraction of sp³-hybridized carbons (Fsp3) is 0.364. The van der Waals surface area contributed by atoms with E-state index in [9.17, 15) is 18.3 Å². The largest absolute Gasteiger partial charge is 0.416 e. The molecule has 0 saturated heterocycles. The number of halogens is 3. The number of aliphatic hydroxyl groups is 1. The molecule has 2 aromatic rings. The molecule has 3 nitrogen and oxygen atoms in total. The molecule has 0 bridgehead atoms. The first-order chi connectivity index (χ1) is 7.80. The predicted molar refractivity (Wildman–Crippen MR) is 56.3 cm³/mol. The molecule has 17 heavy (non-hydrogen) atoms. The molecule has 6 heteroatoms. The van der Waals surface area contributed by atoms with Crippen molar-refractivity contribution in [3.8, 4) is 0 Å². The third-order valence-electron chi connectivity index (χ3n) is 2.62. The Bertz CT molecular complexity index is 558. The van der Waals surface area contributed by atoms with Gasteiger partial charge in [0.15, 0.2) is 0 Å². The summed E-state index contributed by atoms with van der Waals surface area (Å²) in [4.78, 5) is 4.00. The maximum Gasteiger partial charge on any atom is 0.416 e. The molecule has 0 fully saturated rings. The summed E-state index contributed by atoms with van der Waals surface area (Å²) in [6.07, 6.45) is -5.20.